The number of aliphatic hydroxyl groups is 1. The van der Waals surface area contributed by atoms with Gasteiger partial charge in [0, 0.05) is 10.6 Å². The third-order valence-electron chi connectivity index (χ3n) is 2.80. The molecule has 1 aromatic rings. The zero-order valence-electron chi connectivity index (χ0n) is 9.73. The summed E-state index contributed by atoms with van der Waals surface area (Å²) in [6.07, 6.45) is 0.842. The third kappa shape index (κ3) is 3.88. The Kier molecular flexibility index (Phi) is 5.20. The van der Waals surface area contributed by atoms with E-state index in [9.17, 15) is 5.11 Å². The molecule has 0 aliphatic carbocycles. The summed E-state index contributed by atoms with van der Waals surface area (Å²) >= 11 is 1.75. The molecular weight excluding hydrogens is 204 g/mol. The van der Waals surface area contributed by atoms with Crippen molar-refractivity contribution in [3.05, 3.63) is 29.8 Å². The average molecular weight is 224 g/mol. The van der Waals surface area contributed by atoms with Crippen LogP contribution in [0.2, 0.25) is 0 Å². The standard InChI is InChI=1S/C13H20OS/c1-4-10(2)12(14)9-15-13-8-6-5-7-11(13)3/h5-8,10,12,14H,4,9H2,1-3H3. The van der Waals surface area contributed by atoms with Crippen molar-refractivity contribution in [1.82, 2.24) is 0 Å². The van der Waals surface area contributed by atoms with Crippen LogP contribution in [0, 0.1) is 12.8 Å². The van der Waals surface area contributed by atoms with E-state index < -0.39 is 0 Å². The third-order valence-corrected chi connectivity index (χ3v) is 4.08. The molecule has 84 valence electrons. The molecule has 0 bridgehead atoms. The first-order valence-corrected chi connectivity index (χ1v) is 6.50. The van der Waals surface area contributed by atoms with Gasteiger partial charge in [-0.1, -0.05) is 38.5 Å². The van der Waals surface area contributed by atoms with Crippen LogP contribution in [0.3, 0.4) is 0 Å². The van der Waals surface area contributed by atoms with Gasteiger partial charge in [0.2, 0.25) is 0 Å². The van der Waals surface area contributed by atoms with Gasteiger partial charge >= 0.3 is 0 Å². The number of hydrogen-bond acceptors (Lipinski definition) is 2. The van der Waals surface area contributed by atoms with E-state index in [1.165, 1.54) is 10.5 Å². The summed E-state index contributed by atoms with van der Waals surface area (Å²) in [4.78, 5) is 1.28. The van der Waals surface area contributed by atoms with E-state index in [0.29, 0.717) is 5.92 Å². The zero-order valence-corrected chi connectivity index (χ0v) is 10.6. The molecule has 1 nitrogen and oxygen atoms in total. The van der Waals surface area contributed by atoms with E-state index in [0.717, 1.165) is 12.2 Å². The number of aryl methyl sites for hydroxylation is 1. The molecular formula is C13H20OS. The highest BCUT2D eigenvalue weighted by atomic mass is 32.2. The van der Waals surface area contributed by atoms with Gasteiger partial charge in [-0.2, -0.15) is 0 Å². The summed E-state index contributed by atoms with van der Waals surface area (Å²) in [5.41, 5.74) is 1.29. The van der Waals surface area contributed by atoms with Crippen molar-refractivity contribution in [2.24, 2.45) is 5.92 Å². The lowest BCUT2D eigenvalue weighted by Gasteiger charge is -2.16. The second-order valence-corrected chi connectivity index (χ2v) is 5.09. The first-order valence-electron chi connectivity index (χ1n) is 5.51. The maximum absolute atomic E-state index is 9.85. The molecule has 0 saturated carbocycles. The normalized spacial score (nSPS) is 14.9. The van der Waals surface area contributed by atoms with Gasteiger partial charge in [-0.25, -0.2) is 0 Å². The Morgan fingerprint density at radius 2 is 2.00 bits per heavy atom. The van der Waals surface area contributed by atoms with Gasteiger partial charge < -0.3 is 5.11 Å². The molecule has 0 radical (unpaired) electrons. The summed E-state index contributed by atoms with van der Waals surface area (Å²) < 4.78 is 0. The minimum atomic E-state index is -0.195. The molecule has 0 aliphatic rings. The number of benzene rings is 1. The highest BCUT2D eigenvalue weighted by Gasteiger charge is 2.12. The molecule has 0 aliphatic heterocycles. The van der Waals surface area contributed by atoms with Crippen LogP contribution >= 0.6 is 11.8 Å². The second kappa shape index (κ2) is 6.19. The predicted octanol–water partition coefficient (Wildman–Crippen LogP) is 3.49. The van der Waals surface area contributed by atoms with Crippen LogP contribution in [-0.4, -0.2) is 17.0 Å². The van der Waals surface area contributed by atoms with E-state index in [1.54, 1.807) is 11.8 Å². The largest absolute Gasteiger partial charge is 0.392 e. The molecule has 1 rings (SSSR count). The fourth-order valence-electron chi connectivity index (χ4n) is 1.33. The van der Waals surface area contributed by atoms with Crippen LogP contribution < -0.4 is 0 Å². The van der Waals surface area contributed by atoms with Crippen molar-refractivity contribution in [1.29, 1.82) is 0 Å². The van der Waals surface area contributed by atoms with Crippen molar-refractivity contribution in [3.8, 4) is 0 Å². The van der Waals surface area contributed by atoms with Crippen molar-refractivity contribution in [3.63, 3.8) is 0 Å². The first-order chi connectivity index (χ1) is 7.15. The minimum absolute atomic E-state index is 0.195. The summed E-state index contributed by atoms with van der Waals surface area (Å²) in [6.45, 7) is 6.33. The van der Waals surface area contributed by atoms with Gasteiger partial charge in [-0.05, 0) is 24.5 Å². The van der Waals surface area contributed by atoms with Gasteiger partial charge in [0.1, 0.15) is 0 Å². The Morgan fingerprint density at radius 3 is 2.60 bits per heavy atom. The SMILES string of the molecule is CCC(C)C(O)CSc1ccccc1C. The molecule has 0 heterocycles. The fraction of sp³-hybridized carbons (Fsp3) is 0.538. The van der Waals surface area contributed by atoms with Crippen molar-refractivity contribution in [2.75, 3.05) is 5.75 Å². The molecule has 15 heavy (non-hydrogen) atoms. The Hall–Kier alpha value is -0.470. The summed E-state index contributed by atoms with van der Waals surface area (Å²) in [6, 6.07) is 8.32. The molecule has 0 saturated heterocycles. The van der Waals surface area contributed by atoms with Crippen LogP contribution in [-0.2, 0) is 0 Å². The van der Waals surface area contributed by atoms with Crippen LogP contribution in [0.25, 0.3) is 0 Å². The van der Waals surface area contributed by atoms with Gasteiger partial charge in [0.15, 0.2) is 0 Å². The van der Waals surface area contributed by atoms with Gasteiger partial charge in [0.25, 0.3) is 0 Å². The van der Waals surface area contributed by atoms with E-state index >= 15 is 0 Å². The highest BCUT2D eigenvalue weighted by Crippen LogP contribution is 2.24. The van der Waals surface area contributed by atoms with Crippen molar-refractivity contribution >= 4 is 11.8 Å². The van der Waals surface area contributed by atoms with Gasteiger partial charge in [-0.3, -0.25) is 0 Å². The quantitative estimate of drug-likeness (QED) is 0.773. The lowest BCUT2D eigenvalue weighted by molar-refractivity contribution is 0.137. The van der Waals surface area contributed by atoms with Crippen LogP contribution in [0.1, 0.15) is 25.8 Å². The second-order valence-electron chi connectivity index (χ2n) is 4.03. The molecule has 2 heteroatoms. The van der Waals surface area contributed by atoms with E-state index in [2.05, 4.69) is 32.9 Å². The molecule has 0 amide bonds. The number of thioether (sulfide) groups is 1. The minimum Gasteiger partial charge on any atom is -0.392 e. The maximum atomic E-state index is 9.85. The summed E-state index contributed by atoms with van der Waals surface area (Å²) in [5.74, 6) is 1.18. The molecule has 1 aromatic carbocycles. The number of aliphatic hydroxyl groups excluding tert-OH is 1. The van der Waals surface area contributed by atoms with Crippen LogP contribution in [0.4, 0.5) is 0 Å². The lowest BCUT2D eigenvalue weighted by atomic mass is 10.0. The zero-order chi connectivity index (χ0) is 11.3. The molecule has 2 atom stereocenters. The van der Waals surface area contributed by atoms with Gasteiger partial charge in [-0.15, -0.1) is 11.8 Å². The highest BCUT2D eigenvalue weighted by molar-refractivity contribution is 7.99. The predicted molar refractivity (Wildman–Crippen MR) is 67.4 cm³/mol. The molecule has 1 N–H and O–H groups in total. The van der Waals surface area contributed by atoms with Crippen LogP contribution in [0.5, 0.6) is 0 Å². The molecule has 0 aromatic heterocycles. The summed E-state index contributed by atoms with van der Waals surface area (Å²) in [7, 11) is 0. The van der Waals surface area contributed by atoms with Crippen molar-refractivity contribution < 1.29 is 5.11 Å². The van der Waals surface area contributed by atoms with E-state index in [-0.39, 0.29) is 6.10 Å². The monoisotopic (exact) mass is 224 g/mol. The molecule has 2 unspecified atom stereocenters. The maximum Gasteiger partial charge on any atom is 0.0659 e. The van der Waals surface area contributed by atoms with E-state index in [1.807, 2.05) is 12.1 Å². The topological polar surface area (TPSA) is 20.2 Å². The van der Waals surface area contributed by atoms with Crippen LogP contribution in [0.15, 0.2) is 29.2 Å². The Bertz CT molecular complexity index is 298. The Morgan fingerprint density at radius 1 is 1.33 bits per heavy atom. The van der Waals surface area contributed by atoms with Crippen molar-refractivity contribution in [2.45, 2.75) is 38.2 Å². The smallest absolute Gasteiger partial charge is 0.0659 e. The summed E-state index contributed by atoms with van der Waals surface area (Å²) in [5, 5.41) is 9.85. The fourth-order valence-corrected chi connectivity index (χ4v) is 2.48. The number of rotatable bonds is 5. The van der Waals surface area contributed by atoms with Gasteiger partial charge in [0.05, 0.1) is 6.10 Å². The lowest BCUT2D eigenvalue weighted by Crippen LogP contribution is -2.19. The first kappa shape index (κ1) is 12.6. The molecule has 0 spiro atoms. The molecule has 0 fully saturated rings. The Labute approximate surface area is 96.9 Å². The Balaban J connectivity index is 2.47. The average Bonchev–Trinajstić information content (AvgIpc) is 2.26. The number of hydrogen-bond donors (Lipinski definition) is 1. The van der Waals surface area contributed by atoms with E-state index in [4.69, 9.17) is 0 Å².